The number of rotatable bonds is 7. The molecule has 2 fully saturated rings. The van der Waals surface area contributed by atoms with E-state index in [2.05, 4.69) is 11.7 Å². The van der Waals surface area contributed by atoms with Gasteiger partial charge in [0.1, 0.15) is 5.75 Å². The molecule has 0 spiro atoms. The predicted octanol–water partition coefficient (Wildman–Crippen LogP) is 8.25. The molecule has 28 heavy (non-hydrogen) atoms. The molecular weight excluding hydrogens is 361 g/mol. The van der Waals surface area contributed by atoms with Crippen molar-refractivity contribution >= 4 is 0 Å². The van der Waals surface area contributed by atoms with Crippen LogP contribution in [-0.4, -0.2) is 6.36 Å². The molecule has 3 rings (SSSR count). The number of halogens is 3. The van der Waals surface area contributed by atoms with Gasteiger partial charge in [-0.15, -0.1) is 13.2 Å². The highest BCUT2D eigenvalue weighted by molar-refractivity contribution is 5.29. The fraction of sp³-hybridized carbons (Fsp3) is 0.750. The summed E-state index contributed by atoms with van der Waals surface area (Å²) >= 11 is 0. The lowest BCUT2D eigenvalue weighted by molar-refractivity contribution is -0.274. The van der Waals surface area contributed by atoms with Gasteiger partial charge in [0.25, 0.3) is 0 Å². The van der Waals surface area contributed by atoms with Crippen molar-refractivity contribution in [3.8, 4) is 5.75 Å². The number of alkyl halides is 3. The predicted molar refractivity (Wildman–Crippen MR) is 107 cm³/mol. The lowest BCUT2D eigenvalue weighted by Crippen LogP contribution is -2.18. The van der Waals surface area contributed by atoms with Gasteiger partial charge in [0.05, 0.1) is 0 Å². The van der Waals surface area contributed by atoms with E-state index >= 15 is 0 Å². The molecule has 158 valence electrons. The van der Waals surface area contributed by atoms with Gasteiger partial charge < -0.3 is 4.74 Å². The fourth-order valence-corrected chi connectivity index (χ4v) is 5.41. The molecule has 0 amide bonds. The first-order valence-corrected chi connectivity index (χ1v) is 11.3. The highest BCUT2D eigenvalue weighted by Gasteiger charge is 2.31. The Morgan fingerprint density at radius 3 is 1.68 bits per heavy atom. The van der Waals surface area contributed by atoms with E-state index in [-0.39, 0.29) is 5.75 Å². The molecule has 0 N–H and O–H groups in total. The van der Waals surface area contributed by atoms with Crippen LogP contribution >= 0.6 is 0 Å². The van der Waals surface area contributed by atoms with Crippen molar-refractivity contribution in [2.75, 3.05) is 0 Å². The van der Waals surface area contributed by atoms with E-state index in [9.17, 15) is 13.2 Å². The van der Waals surface area contributed by atoms with E-state index in [0.717, 1.165) is 36.2 Å². The first kappa shape index (κ1) is 21.5. The summed E-state index contributed by atoms with van der Waals surface area (Å²) in [7, 11) is 0. The van der Waals surface area contributed by atoms with E-state index in [1.165, 1.54) is 76.3 Å². The molecule has 1 aromatic rings. The maximum atomic E-state index is 12.3. The maximum absolute atomic E-state index is 12.3. The largest absolute Gasteiger partial charge is 0.573 e. The molecule has 0 saturated heterocycles. The standard InChI is InChI=1S/C24H35F3O/c1-2-3-18-4-6-19(7-5-18)8-9-20-10-12-21(13-11-20)22-14-16-23(17-15-22)28-24(25,26)27/h14-21H,2-13H2,1H3/t18-,19-,20?,21?. The van der Waals surface area contributed by atoms with Gasteiger partial charge in [-0.25, -0.2) is 0 Å². The molecule has 0 bridgehead atoms. The van der Waals surface area contributed by atoms with Crippen LogP contribution in [0, 0.1) is 17.8 Å². The summed E-state index contributed by atoms with van der Waals surface area (Å²) in [4.78, 5) is 0. The summed E-state index contributed by atoms with van der Waals surface area (Å²) < 4.78 is 40.8. The van der Waals surface area contributed by atoms with Gasteiger partial charge in [0, 0.05) is 0 Å². The van der Waals surface area contributed by atoms with Gasteiger partial charge in [0.15, 0.2) is 0 Å². The van der Waals surface area contributed by atoms with Crippen molar-refractivity contribution in [1.29, 1.82) is 0 Å². The van der Waals surface area contributed by atoms with Crippen LogP contribution in [0.2, 0.25) is 0 Å². The van der Waals surface area contributed by atoms with Crippen molar-refractivity contribution in [2.24, 2.45) is 17.8 Å². The third-order valence-corrected chi connectivity index (χ3v) is 7.08. The van der Waals surface area contributed by atoms with Crippen LogP contribution < -0.4 is 4.74 Å². The molecule has 0 aromatic heterocycles. The molecule has 2 aliphatic rings. The van der Waals surface area contributed by atoms with Gasteiger partial charge >= 0.3 is 6.36 Å². The average molecular weight is 397 g/mol. The number of benzene rings is 1. The Bertz CT molecular complexity index is 565. The molecule has 0 aliphatic heterocycles. The normalized spacial score (nSPS) is 28.9. The average Bonchev–Trinajstić information content (AvgIpc) is 2.68. The van der Waals surface area contributed by atoms with E-state index in [4.69, 9.17) is 0 Å². The summed E-state index contributed by atoms with van der Waals surface area (Å²) in [5.41, 5.74) is 1.15. The van der Waals surface area contributed by atoms with Crippen LogP contribution in [0.5, 0.6) is 5.75 Å². The van der Waals surface area contributed by atoms with E-state index < -0.39 is 6.36 Å². The Labute approximate surface area is 168 Å². The van der Waals surface area contributed by atoms with Crippen LogP contribution in [-0.2, 0) is 0 Å². The summed E-state index contributed by atoms with van der Waals surface area (Å²) in [5, 5.41) is 0. The topological polar surface area (TPSA) is 9.23 Å². The minimum absolute atomic E-state index is 0.126. The molecule has 2 saturated carbocycles. The molecule has 1 nitrogen and oxygen atoms in total. The number of ether oxygens (including phenoxy) is 1. The van der Waals surface area contributed by atoms with Gasteiger partial charge in [-0.3, -0.25) is 0 Å². The van der Waals surface area contributed by atoms with Crippen LogP contribution in [0.1, 0.15) is 95.5 Å². The monoisotopic (exact) mass is 396 g/mol. The van der Waals surface area contributed by atoms with Crippen LogP contribution in [0.15, 0.2) is 24.3 Å². The van der Waals surface area contributed by atoms with Crippen molar-refractivity contribution in [3.63, 3.8) is 0 Å². The molecule has 0 heterocycles. The molecule has 0 radical (unpaired) electrons. The summed E-state index contributed by atoms with van der Waals surface area (Å²) in [6, 6.07) is 6.51. The zero-order chi connectivity index (χ0) is 20.0. The van der Waals surface area contributed by atoms with Gasteiger partial charge in [-0.2, -0.15) is 0 Å². The Hall–Kier alpha value is -1.19. The maximum Gasteiger partial charge on any atom is 0.573 e. The molecule has 0 unspecified atom stereocenters. The Balaban J connectivity index is 1.36. The lowest BCUT2D eigenvalue weighted by atomic mass is 9.74. The highest BCUT2D eigenvalue weighted by Crippen LogP contribution is 2.40. The minimum atomic E-state index is -4.62. The summed E-state index contributed by atoms with van der Waals surface area (Å²) in [5.74, 6) is 3.15. The lowest BCUT2D eigenvalue weighted by Gasteiger charge is -2.32. The molecule has 1 aromatic carbocycles. The quantitative estimate of drug-likeness (QED) is 0.451. The molecule has 4 heteroatoms. The summed E-state index contributed by atoms with van der Waals surface area (Å²) in [6.45, 7) is 2.30. The van der Waals surface area contributed by atoms with Crippen molar-refractivity contribution < 1.29 is 17.9 Å². The second-order valence-corrected chi connectivity index (χ2v) is 9.09. The highest BCUT2D eigenvalue weighted by atomic mass is 19.4. The van der Waals surface area contributed by atoms with E-state index in [1.54, 1.807) is 12.1 Å². The Kier molecular flexibility index (Phi) is 7.70. The third-order valence-electron chi connectivity index (χ3n) is 7.08. The van der Waals surface area contributed by atoms with Crippen LogP contribution in [0.3, 0.4) is 0 Å². The van der Waals surface area contributed by atoms with Crippen molar-refractivity contribution in [1.82, 2.24) is 0 Å². The van der Waals surface area contributed by atoms with Gasteiger partial charge in [-0.1, -0.05) is 70.4 Å². The fourth-order valence-electron chi connectivity index (χ4n) is 5.41. The summed E-state index contributed by atoms with van der Waals surface area (Å²) in [6.07, 6.45) is 11.5. The van der Waals surface area contributed by atoms with Crippen LogP contribution in [0.4, 0.5) is 13.2 Å². The number of hydrogen-bond donors (Lipinski definition) is 0. The van der Waals surface area contributed by atoms with Crippen molar-refractivity contribution in [2.45, 2.75) is 96.3 Å². The first-order chi connectivity index (χ1) is 13.4. The van der Waals surface area contributed by atoms with Gasteiger partial charge in [0.2, 0.25) is 0 Å². The first-order valence-electron chi connectivity index (χ1n) is 11.3. The molecular formula is C24H35F3O. The smallest absolute Gasteiger partial charge is 0.406 e. The minimum Gasteiger partial charge on any atom is -0.406 e. The Morgan fingerprint density at radius 1 is 0.750 bits per heavy atom. The third kappa shape index (κ3) is 6.70. The van der Waals surface area contributed by atoms with Crippen LogP contribution in [0.25, 0.3) is 0 Å². The second-order valence-electron chi connectivity index (χ2n) is 9.09. The Morgan fingerprint density at radius 2 is 1.21 bits per heavy atom. The van der Waals surface area contributed by atoms with Gasteiger partial charge in [-0.05, 0) is 67.1 Å². The zero-order valence-electron chi connectivity index (χ0n) is 17.1. The SMILES string of the molecule is CCC[C@H]1CC[C@H](CCC2CCC(c3ccc(OC(F)(F)F)cc3)CC2)CC1. The van der Waals surface area contributed by atoms with Crippen molar-refractivity contribution in [3.05, 3.63) is 29.8 Å². The zero-order valence-corrected chi connectivity index (χ0v) is 17.1. The second kappa shape index (κ2) is 10.0. The van der Waals surface area contributed by atoms with E-state index in [0.29, 0.717) is 5.92 Å². The van der Waals surface area contributed by atoms with E-state index in [1.807, 2.05) is 0 Å². The number of hydrogen-bond acceptors (Lipinski definition) is 1. The molecule has 2 aliphatic carbocycles. The molecule has 0 atom stereocenters.